The lowest BCUT2D eigenvalue weighted by Gasteiger charge is -2.39. The molecule has 0 aromatic heterocycles. The number of halogens is 1. The first kappa shape index (κ1) is 19.7. The van der Waals surface area contributed by atoms with Gasteiger partial charge in [0.05, 0.1) is 5.75 Å². The molecular weight excluding hydrogens is 347 g/mol. The monoisotopic (exact) mass is 372 g/mol. The molecule has 0 unspecified atom stereocenters. The fourth-order valence-corrected chi connectivity index (χ4v) is 4.51. The molecule has 1 aromatic carbocycles. The zero-order chi connectivity index (χ0) is 18.8. The molecule has 0 aliphatic carbocycles. The SMILES string of the molecule is C[C@@H]1CN(C(=O)OC(C)(C)C)CCN1S(=O)(=O)Cc1cccc(F)c1. The fourth-order valence-electron chi connectivity index (χ4n) is 2.77. The normalized spacial score (nSPS) is 19.7. The van der Waals surface area contributed by atoms with Gasteiger partial charge in [-0.25, -0.2) is 17.6 Å². The maximum atomic E-state index is 13.3. The molecule has 1 heterocycles. The lowest BCUT2D eigenvalue weighted by molar-refractivity contribution is 0.0143. The molecule has 2 rings (SSSR count). The van der Waals surface area contributed by atoms with Crippen LogP contribution in [0, 0.1) is 5.82 Å². The maximum Gasteiger partial charge on any atom is 0.410 e. The molecule has 1 aliphatic heterocycles. The molecule has 1 aromatic rings. The average molecular weight is 372 g/mol. The van der Waals surface area contributed by atoms with Gasteiger partial charge in [-0.05, 0) is 45.4 Å². The second kappa shape index (κ2) is 7.29. The molecule has 0 radical (unpaired) electrons. The minimum absolute atomic E-state index is 0.193. The number of nitrogens with zero attached hydrogens (tertiary/aromatic N) is 2. The molecule has 6 nitrogen and oxygen atoms in total. The van der Waals surface area contributed by atoms with E-state index in [9.17, 15) is 17.6 Å². The molecule has 1 saturated heterocycles. The Balaban J connectivity index is 2.03. The summed E-state index contributed by atoms with van der Waals surface area (Å²) in [5, 5.41) is 0. The van der Waals surface area contributed by atoms with Gasteiger partial charge in [0.2, 0.25) is 10.0 Å². The van der Waals surface area contributed by atoms with Gasteiger partial charge >= 0.3 is 6.09 Å². The number of piperazine rings is 1. The number of hydrogen-bond donors (Lipinski definition) is 0. The zero-order valence-electron chi connectivity index (χ0n) is 15.0. The van der Waals surface area contributed by atoms with Gasteiger partial charge in [0.1, 0.15) is 11.4 Å². The number of ether oxygens (including phenoxy) is 1. The van der Waals surface area contributed by atoms with Crippen LogP contribution >= 0.6 is 0 Å². The van der Waals surface area contributed by atoms with E-state index in [0.717, 1.165) is 0 Å². The summed E-state index contributed by atoms with van der Waals surface area (Å²) in [5.74, 6) is -0.725. The molecule has 1 aliphatic rings. The van der Waals surface area contributed by atoms with Crippen molar-refractivity contribution in [3.05, 3.63) is 35.6 Å². The van der Waals surface area contributed by atoms with Crippen LogP contribution in [0.25, 0.3) is 0 Å². The Bertz CT molecular complexity index is 730. The highest BCUT2D eigenvalue weighted by Crippen LogP contribution is 2.20. The summed E-state index contributed by atoms with van der Waals surface area (Å²) in [4.78, 5) is 13.7. The number of rotatable bonds is 3. The van der Waals surface area contributed by atoms with Crippen molar-refractivity contribution < 1.29 is 22.3 Å². The van der Waals surface area contributed by atoms with Crippen LogP contribution in [0.3, 0.4) is 0 Å². The Morgan fingerprint density at radius 2 is 2.00 bits per heavy atom. The molecule has 1 atom stereocenters. The number of carbonyl (C=O) groups excluding carboxylic acids is 1. The first-order valence-electron chi connectivity index (χ1n) is 8.20. The number of benzene rings is 1. The molecule has 0 spiro atoms. The average Bonchev–Trinajstić information content (AvgIpc) is 2.44. The summed E-state index contributed by atoms with van der Waals surface area (Å²) < 4.78 is 45.3. The minimum Gasteiger partial charge on any atom is -0.444 e. The van der Waals surface area contributed by atoms with Crippen LogP contribution in [-0.4, -0.2) is 55.0 Å². The summed E-state index contributed by atoms with van der Waals surface area (Å²) >= 11 is 0. The molecule has 8 heteroatoms. The standard InChI is InChI=1S/C17H25FN2O4S/c1-13-11-19(16(21)24-17(2,3)4)8-9-20(13)25(22,23)12-14-6-5-7-15(18)10-14/h5-7,10,13H,8-9,11-12H2,1-4H3/t13-/m1/s1. The van der Waals surface area contributed by atoms with E-state index in [2.05, 4.69) is 0 Å². The van der Waals surface area contributed by atoms with E-state index in [0.29, 0.717) is 5.56 Å². The van der Waals surface area contributed by atoms with Gasteiger partial charge in [-0.2, -0.15) is 4.31 Å². The molecule has 1 amide bonds. The Kier molecular flexibility index (Phi) is 5.73. The lowest BCUT2D eigenvalue weighted by Crippen LogP contribution is -2.56. The van der Waals surface area contributed by atoms with Gasteiger partial charge in [-0.15, -0.1) is 0 Å². The highest BCUT2D eigenvalue weighted by Gasteiger charge is 2.35. The number of sulfonamides is 1. The van der Waals surface area contributed by atoms with E-state index in [1.807, 2.05) is 0 Å². The highest BCUT2D eigenvalue weighted by molar-refractivity contribution is 7.88. The van der Waals surface area contributed by atoms with Gasteiger partial charge in [0.25, 0.3) is 0 Å². The quantitative estimate of drug-likeness (QED) is 0.818. The fraction of sp³-hybridized carbons (Fsp3) is 0.588. The van der Waals surface area contributed by atoms with Gasteiger partial charge in [-0.3, -0.25) is 0 Å². The third-order valence-electron chi connectivity index (χ3n) is 3.81. The molecule has 140 valence electrons. The van der Waals surface area contributed by atoms with Crippen LogP contribution < -0.4 is 0 Å². The van der Waals surface area contributed by atoms with Crippen molar-refractivity contribution in [2.24, 2.45) is 0 Å². The topological polar surface area (TPSA) is 66.9 Å². The van der Waals surface area contributed by atoms with Crippen molar-refractivity contribution in [2.45, 2.75) is 45.1 Å². The van der Waals surface area contributed by atoms with E-state index in [1.165, 1.54) is 27.4 Å². The second-order valence-electron chi connectivity index (χ2n) is 7.27. The van der Waals surface area contributed by atoms with E-state index in [1.54, 1.807) is 33.8 Å². The van der Waals surface area contributed by atoms with Crippen LogP contribution in [0.4, 0.5) is 9.18 Å². The lowest BCUT2D eigenvalue weighted by atomic mass is 10.2. The summed E-state index contributed by atoms with van der Waals surface area (Å²) in [6.45, 7) is 7.83. The summed E-state index contributed by atoms with van der Waals surface area (Å²) in [5.41, 5.74) is -0.192. The highest BCUT2D eigenvalue weighted by atomic mass is 32.2. The van der Waals surface area contributed by atoms with Crippen molar-refractivity contribution in [2.75, 3.05) is 19.6 Å². The minimum atomic E-state index is -3.60. The van der Waals surface area contributed by atoms with Gasteiger partial charge < -0.3 is 9.64 Å². The summed E-state index contributed by atoms with van der Waals surface area (Å²) in [7, 11) is -3.60. The van der Waals surface area contributed by atoms with Crippen molar-refractivity contribution in [1.29, 1.82) is 0 Å². The smallest absolute Gasteiger partial charge is 0.410 e. The van der Waals surface area contributed by atoms with Crippen LogP contribution in [0.2, 0.25) is 0 Å². The van der Waals surface area contributed by atoms with E-state index < -0.39 is 27.5 Å². The Hall–Kier alpha value is -1.67. The summed E-state index contributed by atoms with van der Waals surface area (Å²) in [6.07, 6.45) is -0.443. The Morgan fingerprint density at radius 1 is 1.32 bits per heavy atom. The Morgan fingerprint density at radius 3 is 2.56 bits per heavy atom. The summed E-state index contributed by atoms with van der Waals surface area (Å²) in [6, 6.07) is 5.20. The van der Waals surface area contributed by atoms with Gasteiger partial charge in [0.15, 0.2) is 0 Å². The van der Waals surface area contributed by atoms with Crippen LogP contribution in [0.5, 0.6) is 0 Å². The third-order valence-corrected chi connectivity index (χ3v) is 5.77. The van der Waals surface area contributed by atoms with Crippen molar-refractivity contribution in [1.82, 2.24) is 9.21 Å². The number of hydrogen-bond acceptors (Lipinski definition) is 4. The molecule has 0 bridgehead atoms. The maximum absolute atomic E-state index is 13.3. The predicted octanol–water partition coefficient (Wildman–Crippen LogP) is 2.60. The molecule has 25 heavy (non-hydrogen) atoms. The third kappa shape index (κ3) is 5.40. The van der Waals surface area contributed by atoms with Crippen LogP contribution in [-0.2, 0) is 20.5 Å². The van der Waals surface area contributed by atoms with Crippen molar-refractivity contribution >= 4 is 16.1 Å². The molecule has 0 saturated carbocycles. The molecule has 0 N–H and O–H groups in total. The van der Waals surface area contributed by atoms with Crippen LogP contribution in [0.1, 0.15) is 33.3 Å². The zero-order valence-corrected chi connectivity index (χ0v) is 15.8. The largest absolute Gasteiger partial charge is 0.444 e. The van der Waals surface area contributed by atoms with Crippen molar-refractivity contribution in [3.63, 3.8) is 0 Å². The number of amides is 1. The Labute approximate surface area is 148 Å². The first-order valence-corrected chi connectivity index (χ1v) is 9.81. The van der Waals surface area contributed by atoms with Gasteiger partial charge in [-0.1, -0.05) is 12.1 Å². The number of carbonyl (C=O) groups is 1. The van der Waals surface area contributed by atoms with Gasteiger partial charge in [0, 0.05) is 25.7 Å². The van der Waals surface area contributed by atoms with E-state index in [-0.39, 0.29) is 31.4 Å². The van der Waals surface area contributed by atoms with E-state index in [4.69, 9.17) is 4.74 Å². The van der Waals surface area contributed by atoms with Crippen molar-refractivity contribution in [3.8, 4) is 0 Å². The molecule has 1 fully saturated rings. The molecular formula is C17H25FN2O4S. The first-order chi connectivity index (χ1) is 11.5. The van der Waals surface area contributed by atoms with Crippen LogP contribution in [0.15, 0.2) is 24.3 Å². The second-order valence-corrected chi connectivity index (χ2v) is 9.19. The van der Waals surface area contributed by atoms with E-state index >= 15 is 0 Å². The predicted molar refractivity (Wildman–Crippen MR) is 93.0 cm³/mol.